The fourth-order valence-electron chi connectivity index (χ4n) is 1.84. The van der Waals surface area contributed by atoms with E-state index in [1.807, 2.05) is 0 Å². The van der Waals surface area contributed by atoms with Crippen molar-refractivity contribution in [3.05, 3.63) is 6.42 Å². The molecule has 1 rings (SSSR count). The van der Waals surface area contributed by atoms with Crippen LogP contribution in [-0.4, -0.2) is 0 Å². The topological polar surface area (TPSA) is 0 Å². The predicted molar refractivity (Wildman–Crippen MR) is 41.1 cm³/mol. The van der Waals surface area contributed by atoms with Gasteiger partial charge in [0.05, 0.1) is 0 Å². The minimum absolute atomic E-state index is 0.525. The second-order valence-corrected chi connectivity index (χ2v) is 4.08. The van der Waals surface area contributed by atoms with E-state index in [9.17, 15) is 0 Å². The van der Waals surface area contributed by atoms with Gasteiger partial charge in [-0.1, -0.05) is 27.2 Å². The van der Waals surface area contributed by atoms with Gasteiger partial charge < -0.3 is 0 Å². The van der Waals surface area contributed by atoms with Gasteiger partial charge in [0.15, 0.2) is 0 Å². The SMILES string of the molecule is CC1CC[CH]C(C)(C)C1. The van der Waals surface area contributed by atoms with Crippen LogP contribution in [0.3, 0.4) is 0 Å². The summed E-state index contributed by atoms with van der Waals surface area (Å²) in [7, 11) is 0. The maximum atomic E-state index is 2.47. The quantitative estimate of drug-likeness (QED) is 0.467. The van der Waals surface area contributed by atoms with E-state index in [1.165, 1.54) is 19.3 Å². The average molecular weight is 125 g/mol. The molecular formula is C9H17. The molecule has 0 saturated heterocycles. The Labute approximate surface area is 58.7 Å². The van der Waals surface area contributed by atoms with Crippen molar-refractivity contribution in [2.45, 2.75) is 40.0 Å². The largest absolute Gasteiger partial charge is 0.0625 e. The van der Waals surface area contributed by atoms with E-state index in [-0.39, 0.29) is 0 Å². The van der Waals surface area contributed by atoms with Gasteiger partial charge in [-0.3, -0.25) is 0 Å². The van der Waals surface area contributed by atoms with Crippen LogP contribution >= 0.6 is 0 Å². The van der Waals surface area contributed by atoms with Crippen molar-refractivity contribution in [1.82, 2.24) is 0 Å². The van der Waals surface area contributed by atoms with Gasteiger partial charge in [-0.05, 0) is 30.6 Å². The Morgan fingerprint density at radius 1 is 1.44 bits per heavy atom. The molecule has 9 heavy (non-hydrogen) atoms. The van der Waals surface area contributed by atoms with Crippen LogP contribution in [0.5, 0.6) is 0 Å². The molecule has 1 aliphatic rings. The summed E-state index contributed by atoms with van der Waals surface area (Å²) < 4.78 is 0. The molecule has 0 heterocycles. The Hall–Kier alpha value is 0. The third kappa shape index (κ3) is 2.00. The summed E-state index contributed by atoms with van der Waals surface area (Å²) in [4.78, 5) is 0. The molecule has 1 unspecified atom stereocenters. The van der Waals surface area contributed by atoms with Crippen molar-refractivity contribution in [3.8, 4) is 0 Å². The first-order chi connectivity index (χ1) is 4.10. The Morgan fingerprint density at radius 2 is 2.11 bits per heavy atom. The highest BCUT2D eigenvalue weighted by atomic mass is 14.3. The maximum Gasteiger partial charge on any atom is -0.0321 e. The van der Waals surface area contributed by atoms with Crippen LogP contribution in [0.1, 0.15) is 40.0 Å². The van der Waals surface area contributed by atoms with E-state index >= 15 is 0 Å². The van der Waals surface area contributed by atoms with E-state index in [0.29, 0.717) is 5.41 Å². The van der Waals surface area contributed by atoms with Crippen molar-refractivity contribution < 1.29 is 0 Å². The predicted octanol–water partition coefficient (Wildman–Crippen LogP) is 3.04. The molecule has 1 atom stereocenters. The summed E-state index contributed by atoms with van der Waals surface area (Å²) in [6.07, 6.45) is 6.58. The Kier molecular flexibility index (Phi) is 1.83. The van der Waals surface area contributed by atoms with Gasteiger partial charge in [-0.15, -0.1) is 0 Å². The fourth-order valence-corrected chi connectivity index (χ4v) is 1.84. The van der Waals surface area contributed by atoms with Gasteiger partial charge in [-0.2, -0.15) is 0 Å². The zero-order valence-corrected chi connectivity index (χ0v) is 6.78. The first-order valence-corrected chi connectivity index (χ1v) is 3.94. The second kappa shape index (κ2) is 2.32. The van der Waals surface area contributed by atoms with E-state index in [2.05, 4.69) is 27.2 Å². The van der Waals surface area contributed by atoms with Crippen LogP contribution in [0.25, 0.3) is 0 Å². The molecule has 0 aromatic rings. The second-order valence-electron chi connectivity index (χ2n) is 4.08. The molecule has 0 bridgehead atoms. The molecule has 1 aliphatic carbocycles. The van der Waals surface area contributed by atoms with Gasteiger partial charge >= 0.3 is 0 Å². The summed E-state index contributed by atoms with van der Waals surface area (Å²) in [5.74, 6) is 0.949. The van der Waals surface area contributed by atoms with E-state index in [0.717, 1.165) is 5.92 Å². The van der Waals surface area contributed by atoms with Crippen molar-refractivity contribution in [2.24, 2.45) is 11.3 Å². The molecule has 0 nitrogen and oxygen atoms in total. The summed E-state index contributed by atoms with van der Waals surface area (Å²) in [6.45, 7) is 7.03. The van der Waals surface area contributed by atoms with Crippen molar-refractivity contribution in [3.63, 3.8) is 0 Å². The first kappa shape index (κ1) is 7.11. The van der Waals surface area contributed by atoms with Gasteiger partial charge in [0, 0.05) is 0 Å². The minimum atomic E-state index is 0.525. The molecule has 0 amide bonds. The van der Waals surface area contributed by atoms with Crippen LogP contribution in [0.2, 0.25) is 0 Å². The molecular weight excluding hydrogens is 108 g/mol. The standard InChI is InChI=1S/C9H17/c1-8-5-4-6-9(2,3)7-8/h6,8H,4-5,7H2,1-3H3. The average Bonchev–Trinajstić information content (AvgIpc) is 1.60. The third-order valence-electron chi connectivity index (χ3n) is 2.23. The zero-order valence-electron chi connectivity index (χ0n) is 6.78. The van der Waals surface area contributed by atoms with Crippen LogP contribution in [0, 0.1) is 17.8 Å². The molecule has 0 aliphatic heterocycles. The van der Waals surface area contributed by atoms with Crippen LogP contribution in [-0.2, 0) is 0 Å². The van der Waals surface area contributed by atoms with E-state index < -0.39 is 0 Å². The summed E-state index contributed by atoms with van der Waals surface area (Å²) >= 11 is 0. The number of rotatable bonds is 0. The maximum absolute atomic E-state index is 2.47. The molecule has 0 aromatic carbocycles. The monoisotopic (exact) mass is 125 g/mol. The summed E-state index contributed by atoms with van der Waals surface area (Å²) in [5, 5.41) is 0. The van der Waals surface area contributed by atoms with Gasteiger partial charge in [0.25, 0.3) is 0 Å². The lowest BCUT2D eigenvalue weighted by Gasteiger charge is -2.32. The minimum Gasteiger partial charge on any atom is -0.0625 e. The summed E-state index contributed by atoms with van der Waals surface area (Å²) in [6, 6.07) is 0. The molecule has 1 fully saturated rings. The van der Waals surface area contributed by atoms with Crippen molar-refractivity contribution >= 4 is 0 Å². The lowest BCUT2D eigenvalue weighted by molar-refractivity contribution is 0.260. The van der Waals surface area contributed by atoms with Crippen LogP contribution < -0.4 is 0 Å². The third-order valence-corrected chi connectivity index (χ3v) is 2.23. The Morgan fingerprint density at radius 3 is 2.44 bits per heavy atom. The lowest BCUT2D eigenvalue weighted by atomic mass is 9.73. The zero-order chi connectivity index (χ0) is 6.91. The molecule has 0 heteroatoms. The fraction of sp³-hybridized carbons (Fsp3) is 0.889. The number of hydrogen-bond acceptors (Lipinski definition) is 0. The van der Waals surface area contributed by atoms with Gasteiger partial charge in [0.1, 0.15) is 0 Å². The van der Waals surface area contributed by atoms with E-state index in [1.54, 1.807) is 0 Å². The summed E-state index contributed by atoms with van der Waals surface area (Å²) in [5.41, 5.74) is 0.525. The number of hydrogen-bond donors (Lipinski definition) is 0. The molecule has 0 N–H and O–H groups in total. The van der Waals surface area contributed by atoms with Gasteiger partial charge in [0.2, 0.25) is 0 Å². The molecule has 0 aromatic heterocycles. The molecule has 0 spiro atoms. The van der Waals surface area contributed by atoms with Crippen LogP contribution in [0.4, 0.5) is 0 Å². The molecule has 1 saturated carbocycles. The molecule has 1 radical (unpaired) electrons. The van der Waals surface area contributed by atoms with Crippen molar-refractivity contribution in [2.75, 3.05) is 0 Å². The highest BCUT2D eigenvalue weighted by Crippen LogP contribution is 2.37. The highest BCUT2D eigenvalue weighted by molar-refractivity contribution is 4.90. The van der Waals surface area contributed by atoms with E-state index in [4.69, 9.17) is 0 Å². The Balaban J connectivity index is 2.41. The first-order valence-electron chi connectivity index (χ1n) is 3.94. The smallest absolute Gasteiger partial charge is 0.0321 e. The van der Waals surface area contributed by atoms with Crippen LogP contribution in [0.15, 0.2) is 0 Å². The molecule has 53 valence electrons. The normalized spacial score (nSPS) is 34.3. The van der Waals surface area contributed by atoms with Gasteiger partial charge in [-0.25, -0.2) is 0 Å². The highest BCUT2D eigenvalue weighted by Gasteiger charge is 2.25. The Bertz CT molecular complexity index is 92.2. The van der Waals surface area contributed by atoms with Crippen molar-refractivity contribution in [1.29, 1.82) is 0 Å². The lowest BCUT2D eigenvalue weighted by Crippen LogP contribution is -2.21.